The lowest BCUT2D eigenvalue weighted by Gasteiger charge is -2.27. The van der Waals surface area contributed by atoms with Gasteiger partial charge < -0.3 is 19.0 Å². The van der Waals surface area contributed by atoms with Gasteiger partial charge in [-0.2, -0.15) is 0 Å². The Morgan fingerprint density at radius 2 is 1.96 bits per heavy atom. The van der Waals surface area contributed by atoms with Crippen molar-refractivity contribution in [1.29, 1.82) is 0 Å². The van der Waals surface area contributed by atoms with Crippen LogP contribution >= 0.6 is 0 Å². The third kappa shape index (κ3) is 6.03. The lowest BCUT2D eigenvalue weighted by atomic mass is 9.96. The largest absolute Gasteiger partial charge is 0.469 e. The van der Waals surface area contributed by atoms with Gasteiger partial charge in [0.1, 0.15) is 6.29 Å². The lowest BCUT2D eigenvalue weighted by molar-refractivity contribution is -0.190. The molecule has 2 fully saturated rings. The summed E-state index contributed by atoms with van der Waals surface area (Å²) in [6.45, 7) is 0.616. The van der Waals surface area contributed by atoms with Crippen LogP contribution in [0.5, 0.6) is 0 Å². The number of aldehydes is 1. The van der Waals surface area contributed by atoms with Crippen molar-refractivity contribution < 1.29 is 32.2 Å². The van der Waals surface area contributed by atoms with Gasteiger partial charge in [0.2, 0.25) is 0 Å². The summed E-state index contributed by atoms with van der Waals surface area (Å²) in [5, 5.41) is -0.672. The monoisotopic (exact) mass is 390 g/mol. The van der Waals surface area contributed by atoms with E-state index in [1.807, 2.05) is 0 Å². The summed E-state index contributed by atoms with van der Waals surface area (Å²) >= 11 is 0. The van der Waals surface area contributed by atoms with E-state index in [1.54, 1.807) is 0 Å². The standard InChI is InChI=1S/C18H30O7S/c1-23-17(20)9-5-3-2-4-8-16-14(12-19)15(13-26(16,21)22)25-18-10-6-7-11-24-18/h12,14-16,18H,2-11,13H2,1H3/t14-,15+,16+,18?/m1/s1. The topological polar surface area (TPSA) is 96.0 Å². The number of ether oxygens (including phenoxy) is 3. The maximum absolute atomic E-state index is 12.5. The van der Waals surface area contributed by atoms with E-state index in [0.717, 1.165) is 44.8 Å². The highest BCUT2D eigenvalue weighted by atomic mass is 32.2. The van der Waals surface area contributed by atoms with Gasteiger partial charge in [-0.3, -0.25) is 4.79 Å². The predicted molar refractivity (Wildman–Crippen MR) is 95.3 cm³/mol. The molecule has 2 aliphatic heterocycles. The van der Waals surface area contributed by atoms with Crippen molar-refractivity contribution in [3.05, 3.63) is 0 Å². The van der Waals surface area contributed by atoms with E-state index in [0.29, 0.717) is 25.9 Å². The second-order valence-electron chi connectivity index (χ2n) is 7.08. The van der Waals surface area contributed by atoms with Gasteiger partial charge in [-0.15, -0.1) is 0 Å². The summed E-state index contributed by atoms with van der Waals surface area (Å²) in [6, 6.07) is 0. The Labute approximate surface area is 155 Å². The van der Waals surface area contributed by atoms with Gasteiger partial charge in [-0.25, -0.2) is 8.42 Å². The van der Waals surface area contributed by atoms with Crippen LogP contribution in [0.25, 0.3) is 0 Å². The molecule has 0 amide bonds. The van der Waals surface area contributed by atoms with Crippen LogP contribution in [-0.2, 0) is 33.6 Å². The third-order valence-electron chi connectivity index (χ3n) is 5.19. The molecule has 8 heteroatoms. The SMILES string of the molecule is COC(=O)CCCCCC[C@H]1[C@H](C=O)[C@@H](OC2CCCCO2)CS1(=O)=O. The Hall–Kier alpha value is -0.990. The Balaban J connectivity index is 1.80. The molecule has 2 aliphatic rings. The first kappa shape index (κ1) is 21.3. The van der Waals surface area contributed by atoms with Crippen molar-refractivity contribution in [1.82, 2.24) is 0 Å². The normalized spacial score (nSPS) is 30.8. The molecule has 150 valence electrons. The summed E-state index contributed by atoms with van der Waals surface area (Å²) in [7, 11) is -1.98. The van der Waals surface area contributed by atoms with Crippen molar-refractivity contribution in [3.8, 4) is 0 Å². The molecule has 0 N–H and O–H groups in total. The number of methoxy groups -OCH3 is 1. The van der Waals surface area contributed by atoms with Gasteiger partial charge >= 0.3 is 5.97 Å². The second-order valence-corrected chi connectivity index (χ2v) is 9.35. The Morgan fingerprint density at radius 1 is 1.19 bits per heavy atom. The van der Waals surface area contributed by atoms with Crippen molar-refractivity contribution in [3.63, 3.8) is 0 Å². The van der Waals surface area contributed by atoms with E-state index < -0.39 is 33.4 Å². The summed E-state index contributed by atoms with van der Waals surface area (Å²) in [5.41, 5.74) is 0. The minimum absolute atomic E-state index is 0.108. The first-order valence-corrected chi connectivity index (χ1v) is 11.2. The molecule has 0 bridgehead atoms. The predicted octanol–water partition coefficient (Wildman–Crippen LogP) is 2.02. The molecule has 0 aromatic rings. The molecule has 1 unspecified atom stereocenters. The van der Waals surface area contributed by atoms with Gasteiger partial charge in [0, 0.05) is 13.0 Å². The van der Waals surface area contributed by atoms with Gasteiger partial charge in [-0.05, 0) is 32.1 Å². The fraction of sp³-hybridized carbons (Fsp3) is 0.889. The molecule has 0 aromatic carbocycles. The fourth-order valence-corrected chi connectivity index (χ4v) is 5.95. The molecular weight excluding hydrogens is 360 g/mol. The van der Waals surface area contributed by atoms with Crippen molar-refractivity contribution in [2.45, 2.75) is 75.4 Å². The van der Waals surface area contributed by atoms with Crippen LogP contribution in [0.2, 0.25) is 0 Å². The number of sulfone groups is 1. The highest BCUT2D eigenvalue weighted by Crippen LogP contribution is 2.33. The molecule has 0 saturated carbocycles. The number of unbranched alkanes of at least 4 members (excludes halogenated alkanes) is 3. The Bertz CT molecular complexity index is 554. The second kappa shape index (κ2) is 10.4. The van der Waals surface area contributed by atoms with Gasteiger partial charge in [0.25, 0.3) is 0 Å². The Kier molecular flexibility index (Phi) is 8.50. The lowest BCUT2D eigenvalue weighted by Crippen LogP contribution is -2.34. The van der Waals surface area contributed by atoms with Gasteiger partial charge in [-0.1, -0.05) is 19.3 Å². The third-order valence-corrected chi connectivity index (χ3v) is 7.45. The molecule has 26 heavy (non-hydrogen) atoms. The molecule has 0 aromatic heterocycles. The zero-order valence-corrected chi connectivity index (χ0v) is 16.2. The maximum Gasteiger partial charge on any atom is 0.305 e. The number of carbonyl (C=O) groups excluding carboxylic acids is 2. The summed E-state index contributed by atoms with van der Waals surface area (Å²) in [4.78, 5) is 22.6. The summed E-state index contributed by atoms with van der Waals surface area (Å²) in [6.07, 6.45) is 6.38. The van der Waals surface area contributed by atoms with Gasteiger partial charge in [0.05, 0.1) is 30.1 Å². The van der Waals surface area contributed by atoms with Gasteiger partial charge in [0.15, 0.2) is 16.1 Å². The number of esters is 1. The van der Waals surface area contributed by atoms with Crippen LogP contribution in [0, 0.1) is 5.92 Å². The van der Waals surface area contributed by atoms with E-state index in [2.05, 4.69) is 4.74 Å². The molecule has 2 heterocycles. The summed E-state index contributed by atoms with van der Waals surface area (Å²) < 4.78 is 40.9. The van der Waals surface area contributed by atoms with Crippen molar-refractivity contribution in [2.75, 3.05) is 19.5 Å². The van der Waals surface area contributed by atoms with Crippen LogP contribution < -0.4 is 0 Å². The quantitative estimate of drug-likeness (QED) is 0.320. The number of hydrogen-bond donors (Lipinski definition) is 0. The molecule has 2 rings (SSSR count). The van der Waals surface area contributed by atoms with Crippen LogP contribution in [0.3, 0.4) is 0 Å². The zero-order valence-electron chi connectivity index (χ0n) is 15.4. The molecule has 0 radical (unpaired) electrons. The fourth-order valence-electron chi connectivity index (χ4n) is 3.70. The van der Waals surface area contributed by atoms with Crippen molar-refractivity contribution >= 4 is 22.1 Å². The van der Waals surface area contributed by atoms with Crippen molar-refractivity contribution in [2.24, 2.45) is 5.92 Å². The maximum atomic E-state index is 12.5. The molecular formula is C18H30O7S. The first-order chi connectivity index (χ1) is 12.5. The molecule has 2 saturated heterocycles. The first-order valence-electron chi connectivity index (χ1n) is 9.48. The van der Waals surface area contributed by atoms with E-state index >= 15 is 0 Å². The van der Waals surface area contributed by atoms with E-state index in [-0.39, 0.29) is 11.7 Å². The Morgan fingerprint density at radius 3 is 2.62 bits per heavy atom. The van der Waals surface area contributed by atoms with Crippen LogP contribution in [0.1, 0.15) is 57.8 Å². The van der Waals surface area contributed by atoms with Crippen LogP contribution in [0.4, 0.5) is 0 Å². The molecule has 0 spiro atoms. The van der Waals surface area contributed by atoms with E-state index in [9.17, 15) is 18.0 Å². The number of hydrogen-bond acceptors (Lipinski definition) is 7. The molecule has 4 atom stereocenters. The smallest absolute Gasteiger partial charge is 0.305 e. The highest BCUT2D eigenvalue weighted by molar-refractivity contribution is 7.92. The average molecular weight is 390 g/mol. The molecule has 7 nitrogen and oxygen atoms in total. The minimum atomic E-state index is -3.34. The van der Waals surface area contributed by atoms with Crippen LogP contribution in [0.15, 0.2) is 0 Å². The average Bonchev–Trinajstić information content (AvgIpc) is 2.87. The zero-order chi connectivity index (χ0) is 19.0. The highest BCUT2D eigenvalue weighted by Gasteiger charge is 2.48. The minimum Gasteiger partial charge on any atom is -0.469 e. The molecule has 0 aliphatic carbocycles. The number of rotatable bonds is 10. The van der Waals surface area contributed by atoms with Crippen LogP contribution in [-0.4, -0.2) is 57.8 Å². The van der Waals surface area contributed by atoms with E-state index in [4.69, 9.17) is 9.47 Å². The summed E-state index contributed by atoms with van der Waals surface area (Å²) in [5.74, 6) is -0.960. The number of carbonyl (C=O) groups is 2. The van der Waals surface area contributed by atoms with E-state index in [1.165, 1.54) is 7.11 Å².